The van der Waals surface area contributed by atoms with Crippen LogP contribution >= 0.6 is 0 Å². The van der Waals surface area contributed by atoms with Crippen molar-refractivity contribution in [3.63, 3.8) is 0 Å². The molecule has 118 valence electrons. The number of rotatable bonds is 4. The average Bonchev–Trinajstić information content (AvgIpc) is 2.78. The van der Waals surface area contributed by atoms with Crippen LogP contribution in [0, 0.1) is 13.8 Å². The summed E-state index contributed by atoms with van der Waals surface area (Å²) in [5.74, 6) is 1.79. The summed E-state index contributed by atoms with van der Waals surface area (Å²) >= 11 is 0. The number of aryl methyl sites for hydroxylation is 2. The van der Waals surface area contributed by atoms with E-state index in [4.69, 9.17) is 9.47 Å². The molecular weight excluding hydrogens is 268 g/mol. The number of hydrogen-bond acceptors (Lipinski definition) is 5. The lowest BCUT2D eigenvalue weighted by Gasteiger charge is -2.36. The second-order valence-electron chi connectivity index (χ2n) is 6.13. The first kappa shape index (κ1) is 14.9. The quantitative estimate of drug-likeness (QED) is 0.834. The third-order valence-corrected chi connectivity index (χ3v) is 4.30. The van der Waals surface area contributed by atoms with E-state index < -0.39 is 0 Å². The number of morpholine rings is 1. The topological polar surface area (TPSA) is 52.4 Å². The largest absolute Gasteiger partial charge is 0.377 e. The van der Waals surface area contributed by atoms with E-state index in [1.165, 1.54) is 19.3 Å². The van der Waals surface area contributed by atoms with Crippen molar-refractivity contribution < 1.29 is 9.47 Å². The monoisotopic (exact) mass is 294 g/mol. The van der Waals surface area contributed by atoms with Crippen LogP contribution in [0.1, 0.15) is 30.9 Å². The Morgan fingerprint density at radius 3 is 2.67 bits per heavy atom. The van der Waals surface area contributed by atoms with Gasteiger partial charge in [-0.3, -0.25) is 4.90 Å². The first-order valence-corrected chi connectivity index (χ1v) is 8.04. The van der Waals surface area contributed by atoms with Crippen molar-refractivity contribution in [3.05, 3.63) is 11.6 Å². The molecule has 3 heterocycles. The standard InChI is InChI=1S/C15H26N4O2/c1-12-16-13(2)19(17-12)11-15-10-18(6-8-21-15)9-14-5-3-4-7-20-14/h14-15H,3-11H2,1-2H3/t14-,15-/m0/s1. The van der Waals surface area contributed by atoms with Crippen molar-refractivity contribution in [2.75, 3.05) is 32.8 Å². The fourth-order valence-corrected chi connectivity index (χ4v) is 3.22. The van der Waals surface area contributed by atoms with Gasteiger partial charge in [-0.2, -0.15) is 5.10 Å². The summed E-state index contributed by atoms with van der Waals surface area (Å²) in [7, 11) is 0. The molecule has 6 nitrogen and oxygen atoms in total. The van der Waals surface area contributed by atoms with Gasteiger partial charge in [0.2, 0.25) is 0 Å². The molecule has 0 aromatic carbocycles. The molecule has 3 rings (SSSR count). The third-order valence-electron chi connectivity index (χ3n) is 4.30. The summed E-state index contributed by atoms with van der Waals surface area (Å²) in [5.41, 5.74) is 0. The summed E-state index contributed by atoms with van der Waals surface area (Å²) in [6.45, 7) is 9.43. The molecule has 0 amide bonds. The second-order valence-corrected chi connectivity index (χ2v) is 6.13. The average molecular weight is 294 g/mol. The molecule has 21 heavy (non-hydrogen) atoms. The molecule has 0 unspecified atom stereocenters. The maximum atomic E-state index is 5.89. The van der Waals surface area contributed by atoms with Crippen LogP contribution in [0.5, 0.6) is 0 Å². The minimum Gasteiger partial charge on any atom is -0.377 e. The molecule has 1 aromatic rings. The van der Waals surface area contributed by atoms with Gasteiger partial charge >= 0.3 is 0 Å². The predicted octanol–water partition coefficient (Wildman–Crippen LogP) is 1.16. The first-order valence-electron chi connectivity index (χ1n) is 8.04. The number of hydrogen-bond donors (Lipinski definition) is 0. The zero-order chi connectivity index (χ0) is 14.7. The Labute approximate surface area is 126 Å². The molecule has 0 bridgehead atoms. The van der Waals surface area contributed by atoms with Crippen molar-refractivity contribution in [1.29, 1.82) is 0 Å². The van der Waals surface area contributed by atoms with Crippen molar-refractivity contribution in [3.8, 4) is 0 Å². The van der Waals surface area contributed by atoms with E-state index in [-0.39, 0.29) is 6.10 Å². The first-order chi connectivity index (χ1) is 10.2. The normalized spacial score (nSPS) is 27.9. The highest BCUT2D eigenvalue weighted by Gasteiger charge is 2.25. The molecule has 2 saturated heterocycles. The molecule has 0 N–H and O–H groups in total. The number of nitrogens with zero attached hydrogens (tertiary/aromatic N) is 4. The van der Waals surface area contributed by atoms with Gasteiger partial charge in [-0.15, -0.1) is 0 Å². The highest BCUT2D eigenvalue weighted by atomic mass is 16.5. The van der Waals surface area contributed by atoms with Crippen molar-refractivity contribution in [2.45, 2.75) is 51.9 Å². The fourth-order valence-electron chi connectivity index (χ4n) is 3.22. The summed E-state index contributed by atoms with van der Waals surface area (Å²) in [6, 6.07) is 0. The van der Waals surface area contributed by atoms with E-state index >= 15 is 0 Å². The second kappa shape index (κ2) is 6.85. The smallest absolute Gasteiger partial charge is 0.147 e. The van der Waals surface area contributed by atoms with Crippen LogP contribution in [0.3, 0.4) is 0 Å². The Bertz CT molecular complexity index is 457. The molecule has 2 fully saturated rings. The van der Waals surface area contributed by atoms with Crippen LogP contribution in [-0.2, 0) is 16.0 Å². The van der Waals surface area contributed by atoms with Crippen LogP contribution in [0.2, 0.25) is 0 Å². The summed E-state index contributed by atoms with van der Waals surface area (Å²) in [5, 5.41) is 4.43. The fraction of sp³-hybridized carbons (Fsp3) is 0.867. The molecule has 0 saturated carbocycles. The lowest BCUT2D eigenvalue weighted by molar-refractivity contribution is -0.0652. The molecule has 1 aromatic heterocycles. The minimum absolute atomic E-state index is 0.196. The van der Waals surface area contributed by atoms with E-state index in [0.717, 1.165) is 51.0 Å². The van der Waals surface area contributed by atoms with Gasteiger partial charge in [-0.25, -0.2) is 9.67 Å². The van der Waals surface area contributed by atoms with Gasteiger partial charge in [0.15, 0.2) is 0 Å². The maximum Gasteiger partial charge on any atom is 0.147 e. The van der Waals surface area contributed by atoms with Crippen LogP contribution in [0.25, 0.3) is 0 Å². The zero-order valence-electron chi connectivity index (χ0n) is 13.1. The highest BCUT2D eigenvalue weighted by Crippen LogP contribution is 2.16. The molecule has 2 atom stereocenters. The minimum atomic E-state index is 0.196. The molecule has 0 aliphatic carbocycles. The summed E-state index contributed by atoms with van der Waals surface area (Å²) < 4.78 is 13.7. The van der Waals surface area contributed by atoms with E-state index in [2.05, 4.69) is 15.0 Å². The van der Waals surface area contributed by atoms with Gasteiger partial charge in [0.1, 0.15) is 11.6 Å². The van der Waals surface area contributed by atoms with E-state index in [1.54, 1.807) is 0 Å². The maximum absolute atomic E-state index is 5.89. The predicted molar refractivity (Wildman–Crippen MR) is 79.3 cm³/mol. The lowest BCUT2D eigenvalue weighted by atomic mass is 10.1. The van der Waals surface area contributed by atoms with Gasteiger partial charge in [0.05, 0.1) is 25.4 Å². The zero-order valence-corrected chi connectivity index (χ0v) is 13.1. The highest BCUT2D eigenvalue weighted by molar-refractivity contribution is 4.88. The number of ether oxygens (including phenoxy) is 2. The van der Waals surface area contributed by atoms with Crippen molar-refractivity contribution >= 4 is 0 Å². The lowest BCUT2D eigenvalue weighted by Crippen LogP contribution is -2.47. The van der Waals surface area contributed by atoms with Gasteiger partial charge in [-0.05, 0) is 33.1 Å². The van der Waals surface area contributed by atoms with Gasteiger partial charge in [0.25, 0.3) is 0 Å². The van der Waals surface area contributed by atoms with Gasteiger partial charge < -0.3 is 9.47 Å². The molecular formula is C15H26N4O2. The third kappa shape index (κ3) is 4.02. The SMILES string of the molecule is Cc1nc(C)n(C[C@@H]2CN(C[C@@H]3CCCCO3)CCO2)n1. The Balaban J connectivity index is 1.51. The Morgan fingerprint density at radius 1 is 1.10 bits per heavy atom. The molecule has 2 aliphatic heterocycles. The van der Waals surface area contributed by atoms with E-state index in [1.807, 2.05) is 18.5 Å². The van der Waals surface area contributed by atoms with Gasteiger partial charge in [0, 0.05) is 26.2 Å². The van der Waals surface area contributed by atoms with Crippen LogP contribution in [0.15, 0.2) is 0 Å². The molecule has 0 spiro atoms. The Morgan fingerprint density at radius 2 is 1.95 bits per heavy atom. The summed E-state index contributed by atoms with van der Waals surface area (Å²) in [4.78, 5) is 6.83. The van der Waals surface area contributed by atoms with Crippen LogP contribution < -0.4 is 0 Å². The molecule has 0 radical (unpaired) electrons. The Hall–Kier alpha value is -0.980. The molecule has 2 aliphatic rings. The Kier molecular flexibility index (Phi) is 4.87. The van der Waals surface area contributed by atoms with Crippen LogP contribution in [0.4, 0.5) is 0 Å². The molecule has 6 heteroatoms. The van der Waals surface area contributed by atoms with E-state index in [0.29, 0.717) is 6.10 Å². The van der Waals surface area contributed by atoms with Gasteiger partial charge in [-0.1, -0.05) is 0 Å². The van der Waals surface area contributed by atoms with E-state index in [9.17, 15) is 0 Å². The number of aromatic nitrogens is 3. The summed E-state index contributed by atoms with van der Waals surface area (Å²) in [6.07, 6.45) is 4.32. The van der Waals surface area contributed by atoms with Crippen LogP contribution in [-0.4, -0.2) is 64.7 Å². The van der Waals surface area contributed by atoms with Crippen molar-refractivity contribution in [2.24, 2.45) is 0 Å². The van der Waals surface area contributed by atoms with Crippen molar-refractivity contribution in [1.82, 2.24) is 19.7 Å².